The first-order chi connectivity index (χ1) is 9.54. The fourth-order valence-electron chi connectivity index (χ4n) is 1.78. The zero-order valence-corrected chi connectivity index (χ0v) is 12.0. The number of rotatable bonds is 7. The summed E-state index contributed by atoms with van der Waals surface area (Å²) in [4.78, 5) is 30.0. The lowest BCUT2D eigenvalue weighted by Gasteiger charge is -2.26. The summed E-state index contributed by atoms with van der Waals surface area (Å²) in [6, 6.07) is 5.53. The number of pyridine rings is 1. The maximum Gasteiger partial charge on any atom is 0.319 e. The molecule has 0 aliphatic rings. The molecule has 0 bridgehead atoms. The molecule has 1 N–H and O–H groups in total. The summed E-state index contributed by atoms with van der Waals surface area (Å²) in [5.41, 5.74) is 0.931. The van der Waals surface area contributed by atoms with E-state index >= 15 is 0 Å². The molecule has 0 aliphatic carbocycles. The monoisotopic (exact) mass is 279 g/mol. The normalized spacial score (nSPS) is 10.1. The van der Waals surface area contributed by atoms with E-state index in [4.69, 9.17) is 5.11 Å². The molecular weight excluding hydrogens is 258 g/mol. The molecular formula is C14H21N3O3. The second-order valence-corrected chi connectivity index (χ2v) is 4.50. The van der Waals surface area contributed by atoms with Crippen molar-refractivity contribution >= 4 is 12.0 Å². The van der Waals surface area contributed by atoms with Crippen molar-refractivity contribution in [3.05, 3.63) is 30.1 Å². The van der Waals surface area contributed by atoms with Gasteiger partial charge in [-0.15, -0.1) is 0 Å². The number of carboxylic acids is 1. The Hall–Kier alpha value is -2.11. The minimum absolute atomic E-state index is 0.0341. The summed E-state index contributed by atoms with van der Waals surface area (Å²) in [6.07, 6.45) is 2.37. The molecule has 6 nitrogen and oxygen atoms in total. The van der Waals surface area contributed by atoms with Gasteiger partial charge in [0.15, 0.2) is 0 Å². The summed E-state index contributed by atoms with van der Waals surface area (Å²) in [7, 11) is 1.72. The number of carbonyl (C=O) groups excluding carboxylic acids is 1. The van der Waals surface area contributed by atoms with Crippen LogP contribution in [-0.2, 0) is 11.2 Å². The van der Waals surface area contributed by atoms with Gasteiger partial charge in [0.25, 0.3) is 0 Å². The van der Waals surface area contributed by atoms with Crippen LogP contribution in [0.15, 0.2) is 24.4 Å². The van der Waals surface area contributed by atoms with E-state index in [1.165, 1.54) is 4.90 Å². The van der Waals surface area contributed by atoms with Crippen molar-refractivity contribution in [1.29, 1.82) is 0 Å². The molecule has 0 spiro atoms. The van der Waals surface area contributed by atoms with Gasteiger partial charge >= 0.3 is 12.0 Å². The van der Waals surface area contributed by atoms with Crippen LogP contribution in [-0.4, -0.2) is 58.6 Å². The highest BCUT2D eigenvalue weighted by molar-refractivity contribution is 5.75. The van der Waals surface area contributed by atoms with E-state index in [1.807, 2.05) is 25.1 Å². The van der Waals surface area contributed by atoms with E-state index in [1.54, 1.807) is 18.1 Å². The Bertz CT molecular complexity index is 437. The molecule has 0 atom stereocenters. The Labute approximate surface area is 119 Å². The Morgan fingerprint density at radius 2 is 2.05 bits per heavy atom. The minimum atomic E-state index is -0.896. The number of urea groups is 1. The summed E-state index contributed by atoms with van der Waals surface area (Å²) < 4.78 is 0. The predicted octanol–water partition coefficient (Wildman–Crippen LogP) is 1.47. The molecule has 0 aromatic carbocycles. The Balaban J connectivity index is 2.46. The third-order valence-electron chi connectivity index (χ3n) is 3.00. The van der Waals surface area contributed by atoms with Crippen LogP contribution in [0.5, 0.6) is 0 Å². The maximum absolute atomic E-state index is 12.1. The van der Waals surface area contributed by atoms with Gasteiger partial charge in [0.2, 0.25) is 0 Å². The smallest absolute Gasteiger partial charge is 0.319 e. The van der Waals surface area contributed by atoms with E-state index < -0.39 is 5.97 Å². The molecule has 0 fully saturated rings. The average molecular weight is 279 g/mol. The fourth-order valence-corrected chi connectivity index (χ4v) is 1.78. The van der Waals surface area contributed by atoms with Gasteiger partial charge in [-0.2, -0.15) is 0 Å². The van der Waals surface area contributed by atoms with Crippen molar-refractivity contribution in [2.24, 2.45) is 0 Å². The van der Waals surface area contributed by atoms with Crippen molar-refractivity contribution in [2.75, 3.05) is 26.7 Å². The van der Waals surface area contributed by atoms with Gasteiger partial charge in [-0.1, -0.05) is 6.07 Å². The molecule has 0 unspecified atom stereocenters. The van der Waals surface area contributed by atoms with Crippen molar-refractivity contribution in [2.45, 2.75) is 19.8 Å². The predicted molar refractivity (Wildman–Crippen MR) is 75.5 cm³/mol. The number of carboxylic acid groups (broad SMARTS) is 1. The first-order valence-corrected chi connectivity index (χ1v) is 6.66. The Kier molecular flexibility index (Phi) is 6.49. The zero-order valence-electron chi connectivity index (χ0n) is 12.0. The van der Waals surface area contributed by atoms with Gasteiger partial charge < -0.3 is 14.9 Å². The summed E-state index contributed by atoms with van der Waals surface area (Å²) in [6.45, 7) is 3.13. The Morgan fingerprint density at radius 1 is 1.30 bits per heavy atom. The van der Waals surface area contributed by atoms with Crippen LogP contribution in [0.25, 0.3) is 0 Å². The molecule has 1 aromatic heterocycles. The number of amides is 2. The van der Waals surface area contributed by atoms with E-state index in [2.05, 4.69) is 4.98 Å². The van der Waals surface area contributed by atoms with Crippen LogP contribution >= 0.6 is 0 Å². The number of likely N-dealkylation sites (N-methyl/N-ethyl adjacent to an activating group) is 1. The van der Waals surface area contributed by atoms with Crippen molar-refractivity contribution < 1.29 is 14.7 Å². The average Bonchev–Trinajstić information content (AvgIpc) is 2.46. The van der Waals surface area contributed by atoms with Gasteiger partial charge in [0.1, 0.15) is 0 Å². The van der Waals surface area contributed by atoms with E-state index in [9.17, 15) is 9.59 Å². The number of nitrogens with zero attached hydrogens (tertiary/aromatic N) is 3. The topological polar surface area (TPSA) is 73.7 Å². The van der Waals surface area contributed by atoms with Gasteiger partial charge in [-0.3, -0.25) is 9.78 Å². The van der Waals surface area contributed by atoms with Gasteiger partial charge in [-0.05, 0) is 19.1 Å². The zero-order chi connectivity index (χ0) is 15.0. The third kappa shape index (κ3) is 5.26. The summed E-state index contributed by atoms with van der Waals surface area (Å²) in [5.74, 6) is -0.896. The van der Waals surface area contributed by atoms with Crippen molar-refractivity contribution in [3.8, 4) is 0 Å². The molecule has 1 aromatic rings. The highest BCUT2D eigenvalue weighted by Gasteiger charge is 2.17. The van der Waals surface area contributed by atoms with Crippen LogP contribution in [0.1, 0.15) is 19.0 Å². The summed E-state index contributed by atoms with van der Waals surface area (Å²) >= 11 is 0. The second kappa shape index (κ2) is 8.14. The molecule has 0 radical (unpaired) electrons. The SMILES string of the molecule is CCN(CCC(=O)O)C(=O)N(C)CCc1ccccn1. The van der Waals surface area contributed by atoms with Crippen LogP contribution in [0.2, 0.25) is 0 Å². The quantitative estimate of drug-likeness (QED) is 0.820. The van der Waals surface area contributed by atoms with Crippen molar-refractivity contribution in [3.63, 3.8) is 0 Å². The first kappa shape index (κ1) is 15.9. The molecule has 0 saturated carbocycles. The number of aliphatic carboxylic acids is 1. The fraction of sp³-hybridized carbons (Fsp3) is 0.500. The number of aromatic nitrogens is 1. The molecule has 1 rings (SSSR count). The first-order valence-electron chi connectivity index (χ1n) is 6.66. The highest BCUT2D eigenvalue weighted by atomic mass is 16.4. The van der Waals surface area contributed by atoms with Crippen molar-refractivity contribution in [1.82, 2.24) is 14.8 Å². The lowest BCUT2D eigenvalue weighted by atomic mass is 10.2. The summed E-state index contributed by atoms with van der Waals surface area (Å²) in [5, 5.41) is 8.67. The minimum Gasteiger partial charge on any atom is -0.481 e. The van der Waals surface area contributed by atoms with Crippen LogP contribution in [0, 0.1) is 0 Å². The molecule has 0 saturated heterocycles. The Morgan fingerprint density at radius 3 is 2.60 bits per heavy atom. The van der Waals surface area contributed by atoms with E-state index in [-0.39, 0.29) is 19.0 Å². The standard InChI is InChI=1S/C14H21N3O3/c1-3-17(11-8-13(18)19)14(20)16(2)10-7-12-6-4-5-9-15-12/h4-6,9H,3,7-8,10-11H2,1-2H3,(H,18,19). The lowest BCUT2D eigenvalue weighted by molar-refractivity contribution is -0.137. The maximum atomic E-state index is 12.1. The molecule has 20 heavy (non-hydrogen) atoms. The van der Waals surface area contributed by atoms with E-state index in [0.29, 0.717) is 19.5 Å². The molecule has 0 aliphatic heterocycles. The molecule has 110 valence electrons. The number of carbonyl (C=O) groups is 2. The molecule has 6 heteroatoms. The number of hydrogen-bond acceptors (Lipinski definition) is 3. The third-order valence-corrected chi connectivity index (χ3v) is 3.00. The highest BCUT2D eigenvalue weighted by Crippen LogP contribution is 2.02. The van der Waals surface area contributed by atoms with Gasteiger partial charge in [0, 0.05) is 45.0 Å². The van der Waals surface area contributed by atoms with E-state index in [0.717, 1.165) is 5.69 Å². The largest absolute Gasteiger partial charge is 0.481 e. The van der Waals surface area contributed by atoms with Gasteiger partial charge in [-0.25, -0.2) is 4.79 Å². The van der Waals surface area contributed by atoms with Crippen LogP contribution in [0.3, 0.4) is 0 Å². The van der Waals surface area contributed by atoms with Gasteiger partial charge in [0.05, 0.1) is 6.42 Å². The lowest BCUT2D eigenvalue weighted by Crippen LogP contribution is -2.42. The van der Waals surface area contributed by atoms with Crippen LogP contribution < -0.4 is 0 Å². The number of hydrogen-bond donors (Lipinski definition) is 1. The van der Waals surface area contributed by atoms with Crippen LogP contribution in [0.4, 0.5) is 4.79 Å². The second-order valence-electron chi connectivity index (χ2n) is 4.50. The molecule has 2 amide bonds. The molecule has 1 heterocycles.